The molecule has 0 atom stereocenters. The van der Waals surface area contributed by atoms with Crippen LogP contribution in [0.2, 0.25) is 0 Å². The van der Waals surface area contributed by atoms with E-state index in [2.05, 4.69) is 32.4 Å². The molecule has 0 fully saturated rings. The van der Waals surface area contributed by atoms with Crippen LogP contribution < -0.4 is 4.72 Å². The lowest BCUT2D eigenvalue weighted by Crippen LogP contribution is -2.17. The Balaban J connectivity index is 3.01. The Morgan fingerprint density at radius 3 is 2.25 bits per heavy atom. The van der Waals surface area contributed by atoms with Gasteiger partial charge in [0.1, 0.15) is 0 Å². The van der Waals surface area contributed by atoms with Gasteiger partial charge in [-0.2, -0.15) is 0 Å². The molecule has 1 nitrogen and oxygen atoms in total. The first-order valence-electron chi connectivity index (χ1n) is 4.97. The van der Waals surface area contributed by atoms with E-state index >= 15 is 0 Å². The van der Waals surface area contributed by atoms with E-state index < -0.39 is 0 Å². The summed E-state index contributed by atoms with van der Waals surface area (Å²) in [5.41, 5.74) is 0. The first-order valence-corrected chi connectivity index (χ1v) is 5.79. The first kappa shape index (κ1) is 12.3. The van der Waals surface area contributed by atoms with E-state index in [1.54, 1.807) is 0 Å². The number of rotatable bonds is 6. The van der Waals surface area contributed by atoms with Crippen LogP contribution in [-0.2, 0) is 0 Å². The highest BCUT2D eigenvalue weighted by atomic mass is 32.2. The van der Waals surface area contributed by atoms with Crippen molar-refractivity contribution in [2.24, 2.45) is 0 Å². The molecule has 0 unspecified atom stereocenters. The third-order valence-electron chi connectivity index (χ3n) is 1.51. The van der Waals surface area contributed by atoms with Gasteiger partial charge in [0.25, 0.3) is 0 Å². The molecule has 1 N–H and O–H groups in total. The van der Waals surface area contributed by atoms with Gasteiger partial charge in [-0.1, -0.05) is 38.1 Å². The Morgan fingerprint density at radius 1 is 1.08 bits per heavy atom. The predicted octanol–water partition coefficient (Wildman–Crippen LogP) is 3.60. The van der Waals surface area contributed by atoms with Gasteiger partial charge in [-0.25, -0.2) is 0 Å². The van der Waals surface area contributed by atoms with E-state index in [-0.39, 0.29) is 0 Å². The molecule has 0 saturated carbocycles. The lowest BCUT2D eigenvalue weighted by Gasteiger charge is -2.17. The average molecular weight is 189 g/mol. The van der Waals surface area contributed by atoms with E-state index in [0.29, 0.717) is 4.75 Å². The van der Waals surface area contributed by atoms with Crippen molar-refractivity contribution in [1.82, 2.24) is 4.72 Å². The van der Waals surface area contributed by atoms with Crippen LogP contribution in [0.1, 0.15) is 53.4 Å². The highest BCUT2D eigenvalue weighted by molar-refractivity contribution is 7.98. The highest BCUT2D eigenvalue weighted by Crippen LogP contribution is 2.19. The fourth-order valence-corrected chi connectivity index (χ4v) is 1.57. The smallest absolute Gasteiger partial charge is 0.0220 e. The van der Waals surface area contributed by atoms with Crippen LogP contribution in [0, 0.1) is 0 Å². The molecule has 0 amide bonds. The van der Waals surface area contributed by atoms with Gasteiger partial charge in [0.05, 0.1) is 0 Å². The maximum absolute atomic E-state index is 3.40. The summed E-state index contributed by atoms with van der Waals surface area (Å²) >= 11 is 1.84. The summed E-state index contributed by atoms with van der Waals surface area (Å²) in [5, 5.41) is 0. The molecule has 0 aromatic rings. The third-order valence-corrected chi connectivity index (χ3v) is 2.47. The molecule has 0 aromatic carbocycles. The molecular weight excluding hydrogens is 166 g/mol. The number of hydrogen-bond donors (Lipinski definition) is 1. The molecule has 0 bridgehead atoms. The van der Waals surface area contributed by atoms with Gasteiger partial charge in [-0.15, -0.1) is 0 Å². The monoisotopic (exact) mass is 189 g/mol. The van der Waals surface area contributed by atoms with Gasteiger partial charge < -0.3 is 0 Å². The van der Waals surface area contributed by atoms with Crippen molar-refractivity contribution in [3.63, 3.8) is 0 Å². The van der Waals surface area contributed by atoms with Gasteiger partial charge in [-0.05, 0) is 27.2 Å². The topological polar surface area (TPSA) is 12.0 Å². The Hall–Kier alpha value is 0.310. The molecule has 0 spiro atoms. The molecule has 0 aliphatic rings. The molecule has 0 rings (SSSR count). The lowest BCUT2D eigenvalue weighted by atomic mass is 10.2. The fraction of sp³-hybridized carbons (Fsp3) is 1.00. The summed E-state index contributed by atoms with van der Waals surface area (Å²) in [7, 11) is 0. The van der Waals surface area contributed by atoms with Crippen molar-refractivity contribution in [3.8, 4) is 0 Å². The van der Waals surface area contributed by atoms with Crippen molar-refractivity contribution in [2.75, 3.05) is 6.54 Å². The summed E-state index contributed by atoms with van der Waals surface area (Å²) < 4.78 is 3.75. The summed E-state index contributed by atoms with van der Waals surface area (Å²) in [6.07, 6.45) is 5.39. The minimum atomic E-state index is 0.352. The Labute approximate surface area is 81.8 Å². The van der Waals surface area contributed by atoms with Crippen LogP contribution in [0.25, 0.3) is 0 Å². The van der Waals surface area contributed by atoms with Gasteiger partial charge in [0.15, 0.2) is 0 Å². The van der Waals surface area contributed by atoms with Crippen molar-refractivity contribution in [1.29, 1.82) is 0 Å². The molecule has 0 saturated heterocycles. The van der Waals surface area contributed by atoms with Crippen LogP contribution in [0.4, 0.5) is 0 Å². The van der Waals surface area contributed by atoms with Crippen molar-refractivity contribution in [2.45, 2.75) is 58.1 Å². The standard InChI is InChI=1S/C10H23NS/c1-5-6-7-8-9-11-12-10(2,3)4/h11H,5-9H2,1-4H3. The molecule has 74 valence electrons. The van der Waals surface area contributed by atoms with Gasteiger partial charge in [0.2, 0.25) is 0 Å². The molecule has 0 aliphatic heterocycles. The fourth-order valence-electron chi connectivity index (χ4n) is 0.891. The van der Waals surface area contributed by atoms with Crippen molar-refractivity contribution in [3.05, 3.63) is 0 Å². The quantitative estimate of drug-likeness (QED) is 0.506. The molecule has 0 heterocycles. The molecule has 0 aliphatic carbocycles. The zero-order valence-electron chi connectivity index (χ0n) is 8.94. The van der Waals surface area contributed by atoms with E-state index in [9.17, 15) is 0 Å². The van der Waals surface area contributed by atoms with Crippen molar-refractivity contribution >= 4 is 11.9 Å². The van der Waals surface area contributed by atoms with E-state index in [4.69, 9.17) is 0 Å². The van der Waals surface area contributed by atoms with Crippen LogP contribution in [0.5, 0.6) is 0 Å². The summed E-state index contributed by atoms with van der Waals surface area (Å²) in [6.45, 7) is 10.1. The third kappa shape index (κ3) is 10.3. The second-order valence-corrected chi connectivity index (χ2v) is 5.89. The van der Waals surface area contributed by atoms with Crippen LogP contribution >= 0.6 is 11.9 Å². The molecule has 2 heteroatoms. The molecule has 0 radical (unpaired) electrons. The van der Waals surface area contributed by atoms with E-state index in [1.165, 1.54) is 25.7 Å². The predicted molar refractivity (Wildman–Crippen MR) is 59.5 cm³/mol. The molecular formula is C10H23NS. The van der Waals surface area contributed by atoms with Crippen molar-refractivity contribution < 1.29 is 0 Å². The Morgan fingerprint density at radius 2 is 1.75 bits per heavy atom. The largest absolute Gasteiger partial charge is 0.264 e. The van der Waals surface area contributed by atoms with Crippen LogP contribution in [0.3, 0.4) is 0 Å². The van der Waals surface area contributed by atoms with Gasteiger partial charge >= 0.3 is 0 Å². The summed E-state index contributed by atoms with van der Waals surface area (Å²) in [6, 6.07) is 0. The minimum absolute atomic E-state index is 0.352. The average Bonchev–Trinajstić information content (AvgIpc) is 1.94. The minimum Gasteiger partial charge on any atom is -0.264 e. The maximum atomic E-state index is 3.40. The molecule has 0 aromatic heterocycles. The maximum Gasteiger partial charge on any atom is 0.0220 e. The van der Waals surface area contributed by atoms with Gasteiger partial charge in [0, 0.05) is 11.3 Å². The highest BCUT2D eigenvalue weighted by Gasteiger charge is 2.08. The normalized spacial score (nSPS) is 12.0. The van der Waals surface area contributed by atoms with E-state index in [0.717, 1.165) is 6.54 Å². The zero-order valence-corrected chi connectivity index (χ0v) is 9.76. The Bertz CT molecular complexity index is 96.5. The number of unbranched alkanes of at least 4 members (excludes halogenated alkanes) is 3. The van der Waals surface area contributed by atoms with Crippen LogP contribution in [-0.4, -0.2) is 11.3 Å². The summed E-state index contributed by atoms with van der Waals surface area (Å²) in [4.78, 5) is 0. The summed E-state index contributed by atoms with van der Waals surface area (Å²) in [5.74, 6) is 0. The van der Waals surface area contributed by atoms with Crippen LogP contribution in [0.15, 0.2) is 0 Å². The number of hydrogen-bond acceptors (Lipinski definition) is 2. The SMILES string of the molecule is CCCCCCNSC(C)(C)C. The Kier molecular flexibility index (Phi) is 6.96. The first-order chi connectivity index (χ1) is 5.56. The molecule has 12 heavy (non-hydrogen) atoms. The zero-order chi connectivity index (χ0) is 9.45. The second-order valence-electron chi connectivity index (χ2n) is 4.17. The lowest BCUT2D eigenvalue weighted by molar-refractivity contribution is 0.659. The number of nitrogens with one attached hydrogen (secondary N) is 1. The van der Waals surface area contributed by atoms with Gasteiger partial charge in [-0.3, -0.25) is 4.72 Å². The van der Waals surface area contributed by atoms with E-state index in [1.807, 2.05) is 11.9 Å². The second kappa shape index (κ2) is 6.79.